The van der Waals surface area contributed by atoms with Crippen molar-refractivity contribution in [1.29, 1.82) is 0 Å². The predicted molar refractivity (Wildman–Crippen MR) is 76.4 cm³/mol. The fraction of sp³-hybridized carbons (Fsp3) is 0.467. The number of fused-ring (bicyclic) bond motifs is 1. The fourth-order valence-electron chi connectivity index (χ4n) is 2.55. The first-order chi connectivity index (χ1) is 9.75. The number of aromatic nitrogens is 3. The van der Waals surface area contributed by atoms with Crippen molar-refractivity contribution in [2.75, 3.05) is 6.54 Å². The van der Waals surface area contributed by atoms with Gasteiger partial charge in [-0.05, 0) is 18.1 Å². The number of ether oxygens (including phenoxy) is 1. The summed E-state index contributed by atoms with van der Waals surface area (Å²) < 4.78 is 7.95. The van der Waals surface area contributed by atoms with Gasteiger partial charge in [0, 0.05) is 13.1 Å². The lowest BCUT2D eigenvalue weighted by Crippen LogP contribution is -2.37. The van der Waals surface area contributed by atoms with E-state index in [2.05, 4.69) is 33.9 Å². The van der Waals surface area contributed by atoms with E-state index >= 15 is 0 Å². The first-order valence-corrected chi connectivity index (χ1v) is 7.09. The average Bonchev–Trinajstić information content (AvgIpc) is 2.89. The Morgan fingerprint density at radius 3 is 2.85 bits per heavy atom. The molecule has 1 unspecified atom stereocenters. The molecule has 0 saturated heterocycles. The maximum atomic E-state index is 5.77. The summed E-state index contributed by atoms with van der Waals surface area (Å²) in [6.07, 6.45) is 0. The first kappa shape index (κ1) is 13.1. The molecule has 1 aromatic heterocycles. The van der Waals surface area contributed by atoms with Crippen molar-refractivity contribution in [2.24, 2.45) is 5.92 Å². The van der Waals surface area contributed by atoms with Crippen LogP contribution in [-0.2, 0) is 13.2 Å². The molecule has 0 bridgehead atoms. The van der Waals surface area contributed by atoms with Gasteiger partial charge < -0.3 is 14.6 Å². The maximum Gasteiger partial charge on any atom is 0.171 e. The van der Waals surface area contributed by atoms with Gasteiger partial charge in [-0.2, -0.15) is 0 Å². The van der Waals surface area contributed by atoms with E-state index in [1.807, 2.05) is 30.3 Å². The number of hydrogen-bond acceptors (Lipinski definition) is 4. The molecular weight excluding hydrogens is 252 g/mol. The van der Waals surface area contributed by atoms with Crippen LogP contribution >= 0.6 is 0 Å². The highest BCUT2D eigenvalue weighted by atomic mass is 16.5. The highest BCUT2D eigenvalue weighted by Gasteiger charge is 2.27. The largest absolute Gasteiger partial charge is 0.486 e. The van der Waals surface area contributed by atoms with Gasteiger partial charge in [-0.15, -0.1) is 10.2 Å². The molecule has 1 N–H and O–H groups in total. The van der Waals surface area contributed by atoms with E-state index in [9.17, 15) is 0 Å². The molecule has 2 heterocycles. The van der Waals surface area contributed by atoms with Gasteiger partial charge in [0.1, 0.15) is 12.4 Å². The fourth-order valence-corrected chi connectivity index (χ4v) is 2.55. The Bertz CT molecular complexity index is 565. The molecule has 1 aliphatic heterocycles. The molecule has 3 rings (SSSR count). The molecule has 2 aromatic rings. The molecule has 1 atom stereocenters. The molecule has 5 heteroatoms. The number of rotatable bonds is 4. The van der Waals surface area contributed by atoms with Crippen molar-refractivity contribution < 1.29 is 4.74 Å². The number of para-hydroxylation sites is 1. The average molecular weight is 272 g/mol. The van der Waals surface area contributed by atoms with Gasteiger partial charge >= 0.3 is 0 Å². The van der Waals surface area contributed by atoms with Gasteiger partial charge in [0.15, 0.2) is 11.6 Å². The molecule has 0 radical (unpaired) electrons. The van der Waals surface area contributed by atoms with Gasteiger partial charge in [0.2, 0.25) is 0 Å². The summed E-state index contributed by atoms with van der Waals surface area (Å²) in [5.41, 5.74) is 0. The third-order valence-electron chi connectivity index (χ3n) is 3.61. The zero-order valence-electron chi connectivity index (χ0n) is 11.9. The predicted octanol–water partition coefficient (Wildman–Crippen LogP) is 2.16. The summed E-state index contributed by atoms with van der Waals surface area (Å²) >= 11 is 0. The van der Waals surface area contributed by atoms with E-state index in [1.54, 1.807) is 0 Å². The van der Waals surface area contributed by atoms with Crippen LogP contribution in [0.4, 0.5) is 0 Å². The molecule has 20 heavy (non-hydrogen) atoms. The quantitative estimate of drug-likeness (QED) is 0.926. The summed E-state index contributed by atoms with van der Waals surface area (Å²) in [6, 6.07) is 10.1. The van der Waals surface area contributed by atoms with Crippen LogP contribution < -0.4 is 10.1 Å². The number of benzene rings is 1. The van der Waals surface area contributed by atoms with Crippen molar-refractivity contribution in [3.8, 4) is 5.75 Å². The number of nitrogens with zero attached hydrogens (tertiary/aromatic N) is 3. The van der Waals surface area contributed by atoms with Gasteiger partial charge in [0.25, 0.3) is 0 Å². The van der Waals surface area contributed by atoms with E-state index in [0.717, 1.165) is 30.5 Å². The molecule has 0 aliphatic carbocycles. The Morgan fingerprint density at radius 1 is 1.30 bits per heavy atom. The summed E-state index contributed by atoms with van der Waals surface area (Å²) in [4.78, 5) is 0. The smallest absolute Gasteiger partial charge is 0.171 e. The maximum absolute atomic E-state index is 5.77. The molecular formula is C15H20N4O. The molecule has 0 saturated carbocycles. The van der Waals surface area contributed by atoms with E-state index in [1.165, 1.54) is 0 Å². The standard InChI is InChI=1S/C15H20N4O/c1-11(2)14-15-18-17-13(19(15)9-8-16-14)10-20-12-6-4-3-5-7-12/h3-7,11,14,16H,8-10H2,1-2H3. The molecule has 106 valence electrons. The molecule has 1 aromatic carbocycles. The van der Waals surface area contributed by atoms with Gasteiger partial charge in [0.05, 0.1) is 6.04 Å². The topological polar surface area (TPSA) is 52.0 Å². The number of nitrogens with one attached hydrogen (secondary N) is 1. The Balaban J connectivity index is 1.75. The van der Waals surface area contributed by atoms with E-state index in [-0.39, 0.29) is 6.04 Å². The van der Waals surface area contributed by atoms with Gasteiger partial charge in [-0.25, -0.2) is 0 Å². The Kier molecular flexibility index (Phi) is 3.69. The van der Waals surface area contributed by atoms with Crippen LogP contribution in [0.25, 0.3) is 0 Å². The Hall–Kier alpha value is -1.88. The molecule has 0 amide bonds. The summed E-state index contributed by atoms with van der Waals surface area (Å²) in [7, 11) is 0. The second-order valence-corrected chi connectivity index (χ2v) is 5.40. The normalized spacial score (nSPS) is 18.1. The van der Waals surface area contributed by atoms with Crippen LogP contribution in [0.15, 0.2) is 30.3 Å². The molecule has 0 fully saturated rings. The second-order valence-electron chi connectivity index (χ2n) is 5.40. The second kappa shape index (κ2) is 5.63. The van der Waals surface area contributed by atoms with Gasteiger partial charge in [-0.1, -0.05) is 32.0 Å². The lowest BCUT2D eigenvalue weighted by molar-refractivity contribution is 0.278. The summed E-state index contributed by atoms with van der Waals surface area (Å²) in [5.74, 6) is 3.29. The molecule has 5 nitrogen and oxygen atoms in total. The first-order valence-electron chi connectivity index (χ1n) is 7.09. The molecule has 0 spiro atoms. The monoisotopic (exact) mass is 272 g/mol. The minimum absolute atomic E-state index is 0.279. The van der Waals surface area contributed by atoms with Gasteiger partial charge in [-0.3, -0.25) is 0 Å². The van der Waals surface area contributed by atoms with Crippen LogP contribution in [0.3, 0.4) is 0 Å². The van der Waals surface area contributed by atoms with Crippen molar-refractivity contribution >= 4 is 0 Å². The zero-order chi connectivity index (χ0) is 13.9. The third kappa shape index (κ3) is 2.54. The Labute approximate surface area is 119 Å². The minimum Gasteiger partial charge on any atom is -0.486 e. The third-order valence-corrected chi connectivity index (χ3v) is 3.61. The van der Waals surface area contributed by atoms with Crippen LogP contribution in [0.5, 0.6) is 5.75 Å². The minimum atomic E-state index is 0.279. The van der Waals surface area contributed by atoms with E-state index < -0.39 is 0 Å². The Morgan fingerprint density at radius 2 is 2.10 bits per heavy atom. The SMILES string of the molecule is CC(C)C1NCCn2c(COc3ccccc3)nnc21. The zero-order valence-corrected chi connectivity index (χ0v) is 11.9. The van der Waals surface area contributed by atoms with Crippen LogP contribution in [-0.4, -0.2) is 21.3 Å². The highest BCUT2D eigenvalue weighted by molar-refractivity contribution is 5.21. The lowest BCUT2D eigenvalue weighted by Gasteiger charge is -2.27. The van der Waals surface area contributed by atoms with Crippen LogP contribution in [0, 0.1) is 5.92 Å². The van der Waals surface area contributed by atoms with E-state index in [4.69, 9.17) is 4.74 Å². The van der Waals surface area contributed by atoms with E-state index in [0.29, 0.717) is 12.5 Å². The van der Waals surface area contributed by atoms with Crippen LogP contribution in [0.2, 0.25) is 0 Å². The van der Waals surface area contributed by atoms with Crippen molar-refractivity contribution in [3.63, 3.8) is 0 Å². The van der Waals surface area contributed by atoms with Crippen LogP contribution in [0.1, 0.15) is 31.5 Å². The summed E-state index contributed by atoms with van der Waals surface area (Å²) in [6.45, 7) is 6.71. The highest BCUT2D eigenvalue weighted by Crippen LogP contribution is 2.24. The van der Waals surface area contributed by atoms with Crippen molar-refractivity contribution in [3.05, 3.63) is 42.0 Å². The number of hydrogen-bond donors (Lipinski definition) is 1. The van der Waals surface area contributed by atoms with Crippen molar-refractivity contribution in [2.45, 2.75) is 33.0 Å². The van der Waals surface area contributed by atoms with Crippen molar-refractivity contribution in [1.82, 2.24) is 20.1 Å². The molecule has 1 aliphatic rings. The summed E-state index contributed by atoms with van der Waals surface area (Å²) in [5, 5.41) is 12.1. The lowest BCUT2D eigenvalue weighted by atomic mass is 10.0.